The number of amides is 1. The summed E-state index contributed by atoms with van der Waals surface area (Å²) in [5.41, 5.74) is 10.9. The molecule has 0 aliphatic rings. The molecule has 0 aliphatic heterocycles. The van der Waals surface area contributed by atoms with E-state index in [-0.39, 0.29) is 10.6 Å². The lowest BCUT2D eigenvalue weighted by Gasteiger charge is -2.12. The number of primary amides is 1. The quantitative estimate of drug-likeness (QED) is 0.619. The number of benzene rings is 1. The summed E-state index contributed by atoms with van der Waals surface area (Å²) < 4.78 is 30.9. The Morgan fingerprint density at radius 3 is 2.56 bits per heavy atom. The first-order valence-electron chi connectivity index (χ1n) is 5.03. The van der Waals surface area contributed by atoms with Gasteiger partial charge in [0.2, 0.25) is 15.9 Å². The Morgan fingerprint density at radius 2 is 2.06 bits per heavy atom. The second-order valence-electron chi connectivity index (χ2n) is 3.65. The highest BCUT2D eigenvalue weighted by molar-refractivity contribution is 7.89. The average Bonchev–Trinajstić information content (AvgIpc) is 2.28. The molecule has 1 aromatic carbocycles. The Bertz CT molecular complexity index is 556. The van der Waals surface area contributed by atoms with Crippen molar-refractivity contribution in [2.24, 2.45) is 5.73 Å². The summed E-state index contributed by atoms with van der Waals surface area (Å²) in [6, 6.07) is 2.99. The lowest BCUT2D eigenvalue weighted by Crippen LogP contribution is -2.42. The Hall–Kier alpha value is -1.80. The molecule has 0 spiro atoms. The van der Waals surface area contributed by atoms with Crippen LogP contribution in [0.1, 0.15) is 6.92 Å². The molecule has 0 saturated heterocycles. The minimum Gasteiger partial charge on any atom is -0.495 e. The first-order chi connectivity index (χ1) is 8.27. The number of carbonyl (C=O) groups excluding carboxylic acids is 1. The molecule has 0 bridgehead atoms. The molecule has 5 N–H and O–H groups in total. The summed E-state index contributed by atoms with van der Waals surface area (Å²) in [4.78, 5) is 10.8. The summed E-state index contributed by atoms with van der Waals surface area (Å²) in [6.07, 6.45) is 0. The maximum atomic E-state index is 11.9. The molecule has 1 amide bonds. The molecule has 18 heavy (non-hydrogen) atoms. The third kappa shape index (κ3) is 3.11. The number of hydrogen-bond acceptors (Lipinski definition) is 5. The van der Waals surface area contributed by atoms with E-state index in [9.17, 15) is 13.2 Å². The Kier molecular flexibility index (Phi) is 4.15. The molecule has 100 valence electrons. The first kappa shape index (κ1) is 14.3. The number of hydrogen-bond donors (Lipinski definition) is 3. The van der Waals surface area contributed by atoms with Crippen molar-refractivity contribution >= 4 is 21.6 Å². The second-order valence-corrected chi connectivity index (χ2v) is 5.36. The molecule has 0 radical (unpaired) electrons. The number of carbonyl (C=O) groups is 1. The maximum Gasteiger partial charge on any atom is 0.241 e. The molecule has 1 unspecified atom stereocenters. The number of anilines is 1. The third-order valence-corrected chi connectivity index (χ3v) is 3.81. The first-order valence-corrected chi connectivity index (χ1v) is 6.51. The van der Waals surface area contributed by atoms with Gasteiger partial charge in [-0.25, -0.2) is 8.42 Å². The summed E-state index contributed by atoms with van der Waals surface area (Å²) in [6.45, 7) is 1.36. The monoisotopic (exact) mass is 273 g/mol. The molecule has 0 saturated carbocycles. The van der Waals surface area contributed by atoms with Crippen LogP contribution in [0.5, 0.6) is 5.75 Å². The van der Waals surface area contributed by atoms with Crippen LogP contribution in [-0.2, 0) is 14.8 Å². The number of sulfonamides is 1. The van der Waals surface area contributed by atoms with Gasteiger partial charge in [0.25, 0.3) is 0 Å². The Labute approximate surface area is 105 Å². The average molecular weight is 273 g/mol. The van der Waals surface area contributed by atoms with Crippen LogP contribution >= 0.6 is 0 Å². The summed E-state index contributed by atoms with van der Waals surface area (Å²) in [7, 11) is -2.46. The van der Waals surface area contributed by atoms with E-state index >= 15 is 0 Å². The number of methoxy groups -OCH3 is 1. The van der Waals surface area contributed by atoms with Gasteiger partial charge in [0.15, 0.2) is 0 Å². The van der Waals surface area contributed by atoms with E-state index in [1.165, 1.54) is 32.2 Å². The van der Waals surface area contributed by atoms with Crippen LogP contribution in [0, 0.1) is 0 Å². The van der Waals surface area contributed by atoms with Crippen LogP contribution in [0.3, 0.4) is 0 Å². The number of nitrogen functional groups attached to an aromatic ring is 1. The highest BCUT2D eigenvalue weighted by atomic mass is 32.2. The molecule has 1 aromatic rings. The normalized spacial score (nSPS) is 13.0. The molecular weight excluding hydrogens is 258 g/mol. The zero-order valence-electron chi connectivity index (χ0n) is 10.0. The molecule has 0 heterocycles. The van der Waals surface area contributed by atoms with Crippen molar-refractivity contribution in [2.75, 3.05) is 12.8 Å². The number of nitrogens with two attached hydrogens (primary N) is 2. The highest BCUT2D eigenvalue weighted by Crippen LogP contribution is 2.24. The van der Waals surface area contributed by atoms with Crippen molar-refractivity contribution in [3.63, 3.8) is 0 Å². The zero-order chi connectivity index (χ0) is 13.9. The van der Waals surface area contributed by atoms with Gasteiger partial charge in [-0.05, 0) is 19.1 Å². The van der Waals surface area contributed by atoms with Crippen molar-refractivity contribution in [3.05, 3.63) is 18.2 Å². The largest absolute Gasteiger partial charge is 0.495 e. The van der Waals surface area contributed by atoms with Crippen LogP contribution in [0.25, 0.3) is 0 Å². The predicted octanol–water partition coefficient (Wildman–Crippen LogP) is -0.570. The number of rotatable bonds is 5. The maximum absolute atomic E-state index is 11.9. The molecule has 1 rings (SSSR count). The third-order valence-electron chi connectivity index (χ3n) is 2.27. The molecular formula is C10H15N3O4S. The van der Waals surface area contributed by atoms with Gasteiger partial charge in [0, 0.05) is 6.07 Å². The van der Waals surface area contributed by atoms with E-state index in [0.29, 0.717) is 5.69 Å². The fourth-order valence-electron chi connectivity index (χ4n) is 1.22. The van der Waals surface area contributed by atoms with E-state index in [0.717, 1.165) is 0 Å². The minimum atomic E-state index is -3.84. The Balaban J connectivity index is 3.09. The fraction of sp³-hybridized carbons (Fsp3) is 0.300. The second kappa shape index (κ2) is 5.23. The van der Waals surface area contributed by atoms with Gasteiger partial charge in [0.05, 0.1) is 23.7 Å². The lowest BCUT2D eigenvalue weighted by atomic mass is 10.3. The lowest BCUT2D eigenvalue weighted by molar-refractivity contribution is -0.119. The smallest absolute Gasteiger partial charge is 0.241 e. The van der Waals surface area contributed by atoms with Gasteiger partial charge >= 0.3 is 0 Å². The summed E-state index contributed by atoms with van der Waals surface area (Å²) in [5, 5.41) is 0. The van der Waals surface area contributed by atoms with Gasteiger partial charge in [0.1, 0.15) is 5.75 Å². The van der Waals surface area contributed by atoms with Gasteiger partial charge in [-0.3, -0.25) is 4.79 Å². The van der Waals surface area contributed by atoms with Crippen LogP contribution in [0.15, 0.2) is 23.1 Å². The van der Waals surface area contributed by atoms with Crippen LogP contribution in [0.4, 0.5) is 5.69 Å². The summed E-state index contributed by atoms with van der Waals surface area (Å²) in [5.74, 6) is -0.523. The molecule has 8 heteroatoms. The SMILES string of the molecule is COc1cc(S(=O)(=O)NC(C)C(N)=O)ccc1N. The van der Waals surface area contributed by atoms with Crippen molar-refractivity contribution in [1.29, 1.82) is 0 Å². The zero-order valence-corrected chi connectivity index (χ0v) is 10.8. The molecule has 0 aromatic heterocycles. The van der Waals surface area contributed by atoms with Gasteiger partial charge < -0.3 is 16.2 Å². The fourth-order valence-corrected chi connectivity index (χ4v) is 2.44. The summed E-state index contributed by atoms with van der Waals surface area (Å²) >= 11 is 0. The van der Waals surface area contributed by atoms with Gasteiger partial charge in [-0.2, -0.15) is 4.72 Å². The van der Waals surface area contributed by atoms with Crippen molar-refractivity contribution in [2.45, 2.75) is 17.9 Å². The van der Waals surface area contributed by atoms with E-state index in [4.69, 9.17) is 16.2 Å². The minimum absolute atomic E-state index is 0.0540. The van der Waals surface area contributed by atoms with Crippen molar-refractivity contribution < 1.29 is 17.9 Å². The highest BCUT2D eigenvalue weighted by Gasteiger charge is 2.21. The number of ether oxygens (including phenoxy) is 1. The van der Waals surface area contributed by atoms with Crippen molar-refractivity contribution in [3.8, 4) is 5.75 Å². The topological polar surface area (TPSA) is 125 Å². The number of nitrogens with one attached hydrogen (secondary N) is 1. The van der Waals surface area contributed by atoms with Crippen LogP contribution in [0.2, 0.25) is 0 Å². The van der Waals surface area contributed by atoms with Gasteiger partial charge in [-0.1, -0.05) is 0 Å². The molecule has 1 atom stereocenters. The van der Waals surface area contributed by atoms with Crippen molar-refractivity contribution in [1.82, 2.24) is 4.72 Å². The standard InChI is InChI=1S/C10H15N3O4S/c1-6(10(12)14)13-18(15,16)7-3-4-8(11)9(5-7)17-2/h3-6,13H,11H2,1-2H3,(H2,12,14). The molecule has 0 aliphatic carbocycles. The molecule has 0 fully saturated rings. The van der Waals surface area contributed by atoms with Crippen LogP contribution in [-0.4, -0.2) is 27.5 Å². The van der Waals surface area contributed by atoms with E-state index in [2.05, 4.69) is 4.72 Å². The van der Waals surface area contributed by atoms with E-state index in [1.54, 1.807) is 0 Å². The van der Waals surface area contributed by atoms with Crippen LogP contribution < -0.4 is 20.9 Å². The predicted molar refractivity (Wildman–Crippen MR) is 66.4 cm³/mol. The van der Waals surface area contributed by atoms with E-state index in [1.807, 2.05) is 0 Å². The molecule has 7 nitrogen and oxygen atoms in total. The Morgan fingerprint density at radius 1 is 1.44 bits per heavy atom. The van der Waals surface area contributed by atoms with E-state index < -0.39 is 22.0 Å². The van der Waals surface area contributed by atoms with Gasteiger partial charge in [-0.15, -0.1) is 0 Å².